The molecular formula is C12H8BrClFNO. The van der Waals surface area contributed by atoms with Gasteiger partial charge < -0.3 is 4.74 Å². The third-order valence-electron chi connectivity index (χ3n) is 2.13. The van der Waals surface area contributed by atoms with E-state index in [-0.39, 0.29) is 5.82 Å². The lowest BCUT2D eigenvalue weighted by Crippen LogP contribution is -1.97. The van der Waals surface area contributed by atoms with E-state index in [1.807, 2.05) is 0 Å². The molecule has 5 heteroatoms. The summed E-state index contributed by atoms with van der Waals surface area (Å²) in [7, 11) is 0. The molecule has 0 aliphatic rings. The Bertz CT molecular complexity index is 536. The van der Waals surface area contributed by atoms with Gasteiger partial charge in [-0.2, -0.15) is 0 Å². The second-order valence-electron chi connectivity index (χ2n) is 3.33. The summed E-state index contributed by atoms with van der Waals surface area (Å²) in [4.78, 5) is 3.88. The molecule has 0 saturated carbocycles. The van der Waals surface area contributed by atoms with Gasteiger partial charge in [-0.3, -0.25) is 4.98 Å². The molecule has 0 atom stereocenters. The molecule has 17 heavy (non-hydrogen) atoms. The number of halogens is 3. The van der Waals surface area contributed by atoms with Crippen LogP contribution in [0.3, 0.4) is 0 Å². The van der Waals surface area contributed by atoms with Crippen LogP contribution in [0.25, 0.3) is 0 Å². The number of pyridine rings is 1. The van der Waals surface area contributed by atoms with Gasteiger partial charge in [0.25, 0.3) is 0 Å². The van der Waals surface area contributed by atoms with Gasteiger partial charge in [0.05, 0.1) is 9.50 Å². The number of hydrogen-bond acceptors (Lipinski definition) is 2. The van der Waals surface area contributed by atoms with Crippen molar-refractivity contribution in [3.63, 3.8) is 0 Å². The van der Waals surface area contributed by atoms with Crippen LogP contribution in [0.1, 0.15) is 5.56 Å². The predicted octanol–water partition coefficient (Wildman–Crippen LogP) is 4.22. The van der Waals surface area contributed by atoms with E-state index < -0.39 is 0 Å². The SMILES string of the molecule is Fc1ccc(OCc2ccncc2Cl)c(Br)c1. The lowest BCUT2D eigenvalue weighted by Gasteiger charge is -2.09. The maximum Gasteiger partial charge on any atom is 0.134 e. The Morgan fingerprint density at radius 1 is 1.35 bits per heavy atom. The molecule has 0 spiro atoms. The zero-order chi connectivity index (χ0) is 12.3. The molecule has 0 aliphatic carbocycles. The fourth-order valence-electron chi connectivity index (χ4n) is 1.27. The summed E-state index contributed by atoms with van der Waals surface area (Å²) in [6.45, 7) is 0.311. The highest BCUT2D eigenvalue weighted by Gasteiger charge is 2.05. The Labute approximate surface area is 112 Å². The summed E-state index contributed by atoms with van der Waals surface area (Å²) in [6.07, 6.45) is 3.20. The summed E-state index contributed by atoms with van der Waals surface area (Å²) in [6, 6.07) is 6.03. The highest BCUT2D eigenvalue weighted by Crippen LogP contribution is 2.27. The zero-order valence-electron chi connectivity index (χ0n) is 8.66. The van der Waals surface area contributed by atoms with Crippen LogP contribution >= 0.6 is 27.5 Å². The molecule has 0 amide bonds. The number of ether oxygens (including phenoxy) is 1. The van der Waals surface area contributed by atoms with E-state index in [1.165, 1.54) is 12.1 Å². The van der Waals surface area contributed by atoms with Crippen molar-refractivity contribution in [3.05, 3.63) is 57.5 Å². The van der Waals surface area contributed by atoms with E-state index in [1.54, 1.807) is 24.5 Å². The van der Waals surface area contributed by atoms with E-state index in [9.17, 15) is 4.39 Å². The smallest absolute Gasteiger partial charge is 0.134 e. The number of aromatic nitrogens is 1. The van der Waals surface area contributed by atoms with E-state index in [2.05, 4.69) is 20.9 Å². The number of rotatable bonds is 3. The molecule has 0 saturated heterocycles. The Kier molecular flexibility index (Phi) is 3.97. The van der Waals surface area contributed by atoms with Crippen LogP contribution in [0.5, 0.6) is 5.75 Å². The minimum absolute atomic E-state index is 0.311. The van der Waals surface area contributed by atoms with Crippen LogP contribution in [0.2, 0.25) is 5.02 Å². The fraction of sp³-hybridized carbons (Fsp3) is 0.0833. The highest BCUT2D eigenvalue weighted by atomic mass is 79.9. The number of nitrogens with zero attached hydrogens (tertiary/aromatic N) is 1. The first kappa shape index (κ1) is 12.3. The third kappa shape index (κ3) is 3.17. The zero-order valence-corrected chi connectivity index (χ0v) is 11.0. The summed E-state index contributed by atoms with van der Waals surface area (Å²) in [5.74, 6) is 0.255. The van der Waals surface area contributed by atoms with E-state index >= 15 is 0 Å². The maximum atomic E-state index is 12.9. The minimum Gasteiger partial charge on any atom is -0.488 e. The molecule has 0 N–H and O–H groups in total. The summed E-state index contributed by atoms with van der Waals surface area (Å²) >= 11 is 9.17. The monoisotopic (exact) mass is 315 g/mol. The molecule has 2 rings (SSSR count). The molecule has 88 valence electrons. The lowest BCUT2D eigenvalue weighted by molar-refractivity contribution is 0.303. The largest absolute Gasteiger partial charge is 0.488 e. The molecule has 1 aromatic heterocycles. The van der Waals surface area contributed by atoms with Gasteiger partial charge in [0.15, 0.2) is 0 Å². The van der Waals surface area contributed by atoms with Gasteiger partial charge >= 0.3 is 0 Å². The fourth-order valence-corrected chi connectivity index (χ4v) is 1.91. The molecule has 0 aliphatic heterocycles. The van der Waals surface area contributed by atoms with Crippen molar-refractivity contribution in [2.45, 2.75) is 6.61 Å². The first-order chi connectivity index (χ1) is 8.16. The van der Waals surface area contributed by atoms with Gasteiger partial charge in [-0.05, 0) is 40.2 Å². The molecule has 2 aromatic rings. The molecule has 0 bridgehead atoms. The Morgan fingerprint density at radius 3 is 2.88 bits per heavy atom. The van der Waals surface area contributed by atoms with Gasteiger partial charge in [0.1, 0.15) is 18.2 Å². The van der Waals surface area contributed by atoms with Crippen LogP contribution in [0, 0.1) is 5.82 Å². The minimum atomic E-state index is -0.314. The van der Waals surface area contributed by atoms with E-state index in [0.29, 0.717) is 21.9 Å². The van der Waals surface area contributed by atoms with Gasteiger partial charge in [-0.1, -0.05) is 11.6 Å². The quantitative estimate of drug-likeness (QED) is 0.846. The second-order valence-corrected chi connectivity index (χ2v) is 4.59. The van der Waals surface area contributed by atoms with Crippen LogP contribution in [0.4, 0.5) is 4.39 Å². The van der Waals surface area contributed by atoms with Crippen molar-refractivity contribution in [1.82, 2.24) is 4.98 Å². The third-order valence-corrected chi connectivity index (χ3v) is 3.09. The Morgan fingerprint density at radius 2 is 2.18 bits per heavy atom. The highest BCUT2D eigenvalue weighted by molar-refractivity contribution is 9.10. The van der Waals surface area contributed by atoms with Gasteiger partial charge in [-0.25, -0.2) is 4.39 Å². The molecule has 0 radical (unpaired) electrons. The average molecular weight is 317 g/mol. The maximum absolute atomic E-state index is 12.9. The molecular weight excluding hydrogens is 308 g/mol. The van der Waals surface area contributed by atoms with Gasteiger partial charge in [-0.15, -0.1) is 0 Å². The van der Waals surface area contributed by atoms with Crippen LogP contribution < -0.4 is 4.74 Å². The molecule has 0 unspecified atom stereocenters. The van der Waals surface area contributed by atoms with Crippen LogP contribution in [-0.4, -0.2) is 4.98 Å². The topological polar surface area (TPSA) is 22.1 Å². The van der Waals surface area contributed by atoms with Crippen molar-refractivity contribution in [1.29, 1.82) is 0 Å². The average Bonchev–Trinajstić information content (AvgIpc) is 2.30. The van der Waals surface area contributed by atoms with Crippen molar-refractivity contribution in [2.24, 2.45) is 0 Å². The molecule has 1 heterocycles. The Hall–Kier alpha value is -1.13. The molecule has 1 aromatic carbocycles. The number of hydrogen-bond donors (Lipinski definition) is 0. The summed E-state index contributed by atoms with van der Waals surface area (Å²) < 4.78 is 19.0. The number of benzene rings is 1. The van der Waals surface area contributed by atoms with E-state index in [4.69, 9.17) is 16.3 Å². The standard InChI is InChI=1S/C12H8BrClFNO/c13-10-5-9(15)1-2-12(10)17-7-8-3-4-16-6-11(8)14/h1-6H,7H2. The Balaban J connectivity index is 2.10. The molecule has 0 fully saturated rings. The van der Waals surface area contributed by atoms with E-state index in [0.717, 1.165) is 5.56 Å². The van der Waals surface area contributed by atoms with Crippen LogP contribution in [-0.2, 0) is 6.61 Å². The normalized spacial score (nSPS) is 10.3. The first-order valence-corrected chi connectivity index (χ1v) is 6.00. The first-order valence-electron chi connectivity index (χ1n) is 4.83. The lowest BCUT2D eigenvalue weighted by atomic mass is 10.3. The van der Waals surface area contributed by atoms with Crippen molar-refractivity contribution in [3.8, 4) is 5.75 Å². The van der Waals surface area contributed by atoms with Crippen molar-refractivity contribution in [2.75, 3.05) is 0 Å². The summed E-state index contributed by atoms with van der Waals surface area (Å²) in [5.41, 5.74) is 0.831. The van der Waals surface area contributed by atoms with Gasteiger partial charge in [0, 0.05) is 18.0 Å². The van der Waals surface area contributed by atoms with Crippen molar-refractivity contribution >= 4 is 27.5 Å². The predicted molar refractivity (Wildman–Crippen MR) is 67.7 cm³/mol. The summed E-state index contributed by atoms with van der Waals surface area (Å²) in [5, 5.41) is 0.547. The second kappa shape index (κ2) is 5.47. The van der Waals surface area contributed by atoms with Crippen LogP contribution in [0.15, 0.2) is 41.1 Å². The molecule has 2 nitrogen and oxygen atoms in total. The van der Waals surface area contributed by atoms with Gasteiger partial charge in [0.2, 0.25) is 0 Å². The van der Waals surface area contributed by atoms with Crippen molar-refractivity contribution < 1.29 is 9.13 Å².